The predicted molar refractivity (Wildman–Crippen MR) is 113 cm³/mol. The number of carboxylic acid groups (broad SMARTS) is 1. The first kappa shape index (κ1) is 21.4. The van der Waals surface area contributed by atoms with Crippen molar-refractivity contribution in [1.82, 2.24) is 15.0 Å². The normalized spacial score (nSPS) is 16.8. The molecule has 2 aromatic heterocycles. The topological polar surface area (TPSA) is 97.4 Å². The van der Waals surface area contributed by atoms with E-state index in [1.807, 2.05) is 11.5 Å². The molecule has 0 fully saturated rings. The standard InChI is InChI=1S/C22H23ClFN3O4/c1-2-17(22(29)30)27-18-6-3-12(24)9-15(18)16-10-13(4-7-19(16)27)25-21(28)8-5-14-11-20(23)26-31-14/h3,6,9,11,13,17H,2,4-5,7-8,10H2,1H3,(H,25,28)(H,29,30)/t13-,17?/m0/s1. The number of aryl methyl sites for hydroxylation is 1. The number of nitrogens with one attached hydrogen (secondary N) is 1. The number of aliphatic carboxylic acids is 1. The first-order valence-electron chi connectivity index (χ1n) is 10.3. The molecule has 1 aromatic carbocycles. The van der Waals surface area contributed by atoms with E-state index in [-0.39, 0.29) is 29.3 Å². The zero-order valence-electron chi connectivity index (χ0n) is 17.0. The number of carbonyl (C=O) groups is 2. The smallest absolute Gasteiger partial charge is 0.326 e. The molecule has 164 valence electrons. The molecule has 1 aliphatic rings. The summed E-state index contributed by atoms with van der Waals surface area (Å²) in [5, 5.41) is 17.3. The highest BCUT2D eigenvalue weighted by Crippen LogP contribution is 2.36. The number of hydrogen-bond donors (Lipinski definition) is 2. The number of benzene rings is 1. The SMILES string of the molecule is CCC(C(=O)O)n1c2c(c3cc(F)ccc31)C[C@@H](NC(=O)CCc1cc(Cl)no1)CC2. The molecule has 0 aliphatic heterocycles. The van der Waals surface area contributed by atoms with E-state index in [1.165, 1.54) is 12.1 Å². The van der Waals surface area contributed by atoms with Crippen molar-refractivity contribution in [2.75, 3.05) is 0 Å². The Morgan fingerprint density at radius 3 is 2.90 bits per heavy atom. The largest absolute Gasteiger partial charge is 0.480 e. The van der Waals surface area contributed by atoms with E-state index in [9.17, 15) is 19.1 Å². The van der Waals surface area contributed by atoms with Crippen molar-refractivity contribution in [1.29, 1.82) is 0 Å². The maximum absolute atomic E-state index is 14.0. The summed E-state index contributed by atoms with van der Waals surface area (Å²) in [6.07, 6.45) is 2.87. The second kappa shape index (κ2) is 8.70. The molecular weight excluding hydrogens is 425 g/mol. The van der Waals surface area contributed by atoms with Gasteiger partial charge in [0, 0.05) is 41.5 Å². The average molecular weight is 448 g/mol. The number of rotatable bonds is 7. The summed E-state index contributed by atoms with van der Waals surface area (Å²) >= 11 is 5.72. The van der Waals surface area contributed by atoms with E-state index in [4.69, 9.17) is 16.1 Å². The fourth-order valence-electron chi connectivity index (χ4n) is 4.45. The van der Waals surface area contributed by atoms with Crippen molar-refractivity contribution in [3.8, 4) is 0 Å². The molecule has 3 aromatic rings. The quantitative estimate of drug-likeness (QED) is 0.569. The van der Waals surface area contributed by atoms with Crippen LogP contribution in [0.3, 0.4) is 0 Å². The van der Waals surface area contributed by atoms with Gasteiger partial charge in [-0.1, -0.05) is 23.7 Å². The molecule has 31 heavy (non-hydrogen) atoms. The number of aromatic nitrogens is 2. The van der Waals surface area contributed by atoms with Crippen LogP contribution in [0.15, 0.2) is 28.8 Å². The number of nitrogens with zero attached hydrogens (tertiary/aromatic N) is 2. The fourth-order valence-corrected chi connectivity index (χ4v) is 4.61. The van der Waals surface area contributed by atoms with E-state index in [0.29, 0.717) is 43.3 Å². The first-order chi connectivity index (χ1) is 14.9. The van der Waals surface area contributed by atoms with Gasteiger partial charge in [0.15, 0.2) is 5.15 Å². The number of amides is 1. The first-order valence-corrected chi connectivity index (χ1v) is 10.7. The third-order valence-corrected chi connectivity index (χ3v) is 6.02. The Balaban J connectivity index is 1.55. The third kappa shape index (κ3) is 4.30. The van der Waals surface area contributed by atoms with Crippen LogP contribution in [-0.2, 0) is 28.9 Å². The summed E-state index contributed by atoms with van der Waals surface area (Å²) in [5.74, 6) is -0.848. The summed E-state index contributed by atoms with van der Waals surface area (Å²) in [6, 6.07) is 5.22. The van der Waals surface area contributed by atoms with Crippen molar-refractivity contribution in [3.63, 3.8) is 0 Å². The van der Waals surface area contributed by atoms with Gasteiger partial charge in [-0.2, -0.15) is 0 Å². The van der Waals surface area contributed by atoms with E-state index >= 15 is 0 Å². The second-order valence-electron chi connectivity index (χ2n) is 7.84. The number of carbonyl (C=O) groups excluding carboxylic acids is 1. The lowest BCUT2D eigenvalue weighted by Gasteiger charge is -2.26. The molecular formula is C22H23ClFN3O4. The van der Waals surface area contributed by atoms with Crippen LogP contribution in [0.4, 0.5) is 4.39 Å². The summed E-state index contributed by atoms with van der Waals surface area (Å²) < 4.78 is 20.9. The monoisotopic (exact) mass is 447 g/mol. The zero-order chi connectivity index (χ0) is 22.1. The summed E-state index contributed by atoms with van der Waals surface area (Å²) in [5.41, 5.74) is 2.54. The van der Waals surface area contributed by atoms with Crippen LogP contribution in [0.5, 0.6) is 0 Å². The highest BCUT2D eigenvalue weighted by Gasteiger charge is 2.30. The maximum atomic E-state index is 14.0. The Kier molecular flexibility index (Phi) is 6.00. The minimum Gasteiger partial charge on any atom is -0.480 e. The van der Waals surface area contributed by atoms with Crippen molar-refractivity contribution >= 4 is 34.4 Å². The van der Waals surface area contributed by atoms with Gasteiger partial charge in [0.25, 0.3) is 0 Å². The highest BCUT2D eigenvalue weighted by molar-refractivity contribution is 6.29. The van der Waals surface area contributed by atoms with Crippen molar-refractivity contribution in [2.24, 2.45) is 0 Å². The van der Waals surface area contributed by atoms with Gasteiger partial charge in [-0.3, -0.25) is 4.79 Å². The van der Waals surface area contributed by atoms with Gasteiger partial charge in [0.2, 0.25) is 5.91 Å². The van der Waals surface area contributed by atoms with Gasteiger partial charge in [-0.05, 0) is 49.4 Å². The Bertz CT molecular complexity index is 1140. The molecule has 2 heterocycles. The molecule has 0 radical (unpaired) electrons. The molecule has 0 spiro atoms. The number of halogens is 2. The lowest BCUT2D eigenvalue weighted by atomic mass is 9.91. The lowest BCUT2D eigenvalue weighted by Crippen LogP contribution is -2.39. The van der Waals surface area contributed by atoms with E-state index < -0.39 is 12.0 Å². The molecule has 0 saturated carbocycles. The van der Waals surface area contributed by atoms with Crippen molar-refractivity contribution in [2.45, 2.75) is 57.5 Å². The van der Waals surface area contributed by atoms with Crippen LogP contribution >= 0.6 is 11.6 Å². The van der Waals surface area contributed by atoms with Gasteiger partial charge in [-0.15, -0.1) is 0 Å². The van der Waals surface area contributed by atoms with Crippen LogP contribution in [0, 0.1) is 5.82 Å². The van der Waals surface area contributed by atoms with Crippen LogP contribution < -0.4 is 5.32 Å². The lowest BCUT2D eigenvalue weighted by molar-refractivity contribution is -0.141. The van der Waals surface area contributed by atoms with Crippen LogP contribution in [-0.4, -0.2) is 32.7 Å². The molecule has 9 heteroatoms. The predicted octanol–water partition coefficient (Wildman–Crippen LogP) is 4.06. The van der Waals surface area contributed by atoms with E-state index in [0.717, 1.165) is 16.8 Å². The van der Waals surface area contributed by atoms with Crippen molar-refractivity contribution in [3.05, 3.63) is 52.3 Å². The van der Waals surface area contributed by atoms with Crippen LogP contribution in [0.1, 0.15) is 49.2 Å². The zero-order valence-corrected chi connectivity index (χ0v) is 17.8. The minimum atomic E-state index is -0.908. The summed E-state index contributed by atoms with van der Waals surface area (Å²) in [7, 11) is 0. The van der Waals surface area contributed by atoms with Crippen molar-refractivity contribution < 1.29 is 23.6 Å². The minimum absolute atomic E-state index is 0.106. The average Bonchev–Trinajstić information content (AvgIpc) is 3.28. The van der Waals surface area contributed by atoms with Crippen LogP contribution in [0.2, 0.25) is 5.15 Å². The molecule has 1 aliphatic carbocycles. The second-order valence-corrected chi connectivity index (χ2v) is 8.23. The number of hydrogen-bond acceptors (Lipinski definition) is 4. The molecule has 0 bridgehead atoms. The van der Waals surface area contributed by atoms with E-state index in [1.54, 1.807) is 12.1 Å². The van der Waals surface area contributed by atoms with E-state index in [2.05, 4.69) is 10.5 Å². The molecule has 7 nitrogen and oxygen atoms in total. The van der Waals surface area contributed by atoms with Gasteiger partial charge in [0.1, 0.15) is 17.6 Å². The number of carboxylic acids is 1. The molecule has 1 amide bonds. The molecule has 1 unspecified atom stereocenters. The molecule has 0 saturated heterocycles. The number of fused-ring (bicyclic) bond motifs is 3. The Morgan fingerprint density at radius 1 is 1.42 bits per heavy atom. The van der Waals surface area contributed by atoms with Gasteiger partial charge in [-0.25, -0.2) is 9.18 Å². The fraction of sp³-hybridized carbons (Fsp3) is 0.409. The highest BCUT2D eigenvalue weighted by atomic mass is 35.5. The Morgan fingerprint density at radius 2 is 2.23 bits per heavy atom. The maximum Gasteiger partial charge on any atom is 0.326 e. The summed E-state index contributed by atoms with van der Waals surface area (Å²) in [6.45, 7) is 1.83. The molecule has 2 atom stereocenters. The van der Waals surface area contributed by atoms with Gasteiger partial charge < -0.3 is 19.5 Å². The third-order valence-electron chi connectivity index (χ3n) is 5.84. The van der Waals surface area contributed by atoms with Gasteiger partial charge in [0.05, 0.1) is 0 Å². The Labute approximate surface area is 183 Å². The van der Waals surface area contributed by atoms with Crippen LogP contribution in [0.25, 0.3) is 10.9 Å². The van der Waals surface area contributed by atoms with Gasteiger partial charge >= 0.3 is 5.97 Å². The Hall–Kier alpha value is -2.87. The molecule has 2 N–H and O–H groups in total. The molecule has 4 rings (SSSR count). The summed E-state index contributed by atoms with van der Waals surface area (Å²) in [4.78, 5) is 24.3.